The lowest BCUT2D eigenvalue weighted by Crippen LogP contribution is -2.43. The van der Waals surface area contributed by atoms with Crippen LogP contribution in [0.1, 0.15) is 30.9 Å². The molecule has 1 heterocycles. The summed E-state index contributed by atoms with van der Waals surface area (Å²) in [6.45, 7) is 2.28. The van der Waals surface area contributed by atoms with Crippen molar-refractivity contribution < 1.29 is 9.59 Å². The first-order chi connectivity index (χ1) is 11.6. The summed E-state index contributed by atoms with van der Waals surface area (Å²) in [4.78, 5) is 27.0. The number of rotatable bonds is 5. The van der Waals surface area contributed by atoms with Crippen molar-refractivity contribution in [1.29, 1.82) is 0 Å². The van der Waals surface area contributed by atoms with Gasteiger partial charge in [-0.25, -0.2) is 4.79 Å². The molecule has 3 rings (SSSR count). The predicted octanol–water partition coefficient (Wildman–Crippen LogP) is 4.20. The molecule has 1 N–H and O–H groups in total. The minimum absolute atomic E-state index is 0.180. The van der Waals surface area contributed by atoms with Crippen LogP contribution >= 0.6 is 15.9 Å². The molecule has 24 heavy (non-hydrogen) atoms. The summed E-state index contributed by atoms with van der Waals surface area (Å²) in [5.74, 6) is -0.180. The first kappa shape index (κ1) is 16.7. The number of imide groups is 1. The topological polar surface area (TPSA) is 49.4 Å². The minimum atomic E-state index is -0.959. The predicted molar refractivity (Wildman–Crippen MR) is 96.3 cm³/mol. The van der Waals surface area contributed by atoms with Crippen LogP contribution in [0.3, 0.4) is 0 Å². The molecule has 4 nitrogen and oxygen atoms in total. The Hall–Kier alpha value is -2.14. The number of nitrogens with zero attached hydrogens (tertiary/aromatic N) is 1. The number of carbonyl (C=O) groups is 2. The Labute approximate surface area is 150 Å². The van der Waals surface area contributed by atoms with Gasteiger partial charge in [0.25, 0.3) is 5.91 Å². The van der Waals surface area contributed by atoms with Crippen LogP contribution in [0.25, 0.3) is 0 Å². The van der Waals surface area contributed by atoms with Crippen LogP contribution in [0.15, 0.2) is 59.1 Å². The van der Waals surface area contributed by atoms with Crippen molar-refractivity contribution in [2.24, 2.45) is 0 Å². The van der Waals surface area contributed by atoms with Crippen molar-refractivity contribution >= 4 is 27.9 Å². The zero-order chi connectivity index (χ0) is 17.2. The van der Waals surface area contributed by atoms with Gasteiger partial charge in [-0.2, -0.15) is 0 Å². The van der Waals surface area contributed by atoms with E-state index in [0.717, 1.165) is 22.0 Å². The Morgan fingerprint density at radius 3 is 2.50 bits per heavy atom. The highest BCUT2D eigenvalue weighted by atomic mass is 79.9. The SMILES string of the molecule is CCC[C@@]1(c2ccccc2)NC(=O)N(Cc2cccc(Br)c2)C1=O. The number of hydrogen-bond donors (Lipinski definition) is 1. The molecule has 1 aliphatic rings. The number of amides is 3. The van der Waals surface area contributed by atoms with Crippen molar-refractivity contribution in [1.82, 2.24) is 10.2 Å². The van der Waals surface area contributed by atoms with Gasteiger partial charge in [-0.1, -0.05) is 71.7 Å². The van der Waals surface area contributed by atoms with Crippen LogP contribution < -0.4 is 5.32 Å². The maximum Gasteiger partial charge on any atom is 0.325 e. The van der Waals surface area contributed by atoms with Crippen LogP contribution in [0.2, 0.25) is 0 Å². The number of hydrogen-bond acceptors (Lipinski definition) is 2. The summed E-state index contributed by atoms with van der Waals surface area (Å²) in [6, 6.07) is 16.8. The summed E-state index contributed by atoms with van der Waals surface area (Å²) in [6.07, 6.45) is 1.38. The van der Waals surface area contributed by atoms with Crippen LogP contribution in [0.4, 0.5) is 4.79 Å². The first-order valence-corrected chi connectivity index (χ1v) is 8.80. The van der Waals surface area contributed by atoms with Crippen molar-refractivity contribution in [3.8, 4) is 0 Å². The Morgan fingerprint density at radius 1 is 1.08 bits per heavy atom. The monoisotopic (exact) mass is 386 g/mol. The van der Waals surface area contributed by atoms with Gasteiger partial charge in [-0.05, 0) is 29.7 Å². The van der Waals surface area contributed by atoms with Gasteiger partial charge in [0.1, 0.15) is 5.54 Å². The molecule has 0 bridgehead atoms. The largest absolute Gasteiger partial charge is 0.325 e. The molecule has 2 aromatic rings. The van der Waals surface area contributed by atoms with Gasteiger partial charge in [-0.3, -0.25) is 9.69 Å². The van der Waals surface area contributed by atoms with E-state index in [0.29, 0.717) is 6.42 Å². The molecule has 5 heteroatoms. The normalized spacial score (nSPS) is 20.3. The lowest BCUT2D eigenvalue weighted by atomic mass is 9.85. The molecule has 0 aliphatic carbocycles. The summed E-state index contributed by atoms with van der Waals surface area (Å²) in [7, 11) is 0. The summed E-state index contributed by atoms with van der Waals surface area (Å²) >= 11 is 3.42. The summed E-state index contributed by atoms with van der Waals surface area (Å²) in [5.41, 5.74) is 0.786. The van der Waals surface area contributed by atoms with Crippen molar-refractivity contribution in [3.63, 3.8) is 0 Å². The standard InChI is InChI=1S/C19H19BrN2O2/c1-2-11-19(15-8-4-3-5-9-15)17(23)22(18(24)21-19)13-14-7-6-10-16(20)12-14/h3-10,12H,2,11,13H2,1H3,(H,21,24)/t19-/m0/s1. The number of nitrogens with one attached hydrogen (secondary N) is 1. The Balaban J connectivity index is 1.94. The molecule has 0 radical (unpaired) electrons. The third kappa shape index (κ3) is 2.96. The highest BCUT2D eigenvalue weighted by Crippen LogP contribution is 2.34. The van der Waals surface area contributed by atoms with E-state index in [-0.39, 0.29) is 18.5 Å². The molecule has 0 unspecified atom stereocenters. The van der Waals surface area contributed by atoms with E-state index in [9.17, 15) is 9.59 Å². The van der Waals surface area contributed by atoms with E-state index >= 15 is 0 Å². The fraction of sp³-hybridized carbons (Fsp3) is 0.263. The molecule has 1 fully saturated rings. The molecular weight excluding hydrogens is 368 g/mol. The second-order valence-corrected chi connectivity index (χ2v) is 6.89. The maximum atomic E-state index is 13.1. The highest BCUT2D eigenvalue weighted by Gasteiger charge is 2.51. The van der Waals surface area contributed by atoms with Gasteiger partial charge >= 0.3 is 6.03 Å². The molecule has 0 spiro atoms. The fourth-order valence-electron chi connectivity index (χ4n) is 3.19. The third-order valence-corrected chi connectivity index (χ3v) is 4.79. The Kier molecular flexibility index (Phi) is 4.71. The van der Waals surface area contributed by atoms with Crippen molar-refractivity contribution in [3.05, 3.63) is 70.2 Å². The minimum Gasteiger partial charge on any atom is -0.319 e. The molecular formula is C19H19BrN2O2. The quantitative estimate of drug-likeness (QED) is 0.782. The molecule has 1 saturated heterocycles. The van der Waals surface area contributed by atoms with E-state index in [1.807, 2.05) is 61.5 Å². The molecule has 1 atom stereocenters. The lowest BCUT2D eigenvalue weighted by Gasteiger charge is -2.27. The van der Waals surface area contributed by atoms with E-state index in [2.05, 4.69) is 21.2 Å². The van der Waals surface area contributed by atoms with Crippen molar-refractivity contribution in [2.75, 3.05) is 0 Å². The van der Waals surface area contributed by atoms with Crippen LogP contribution in [0, 0.1) is 0 Å². The van der Waals surface area contributed by atoms with Gasteiger partial charge in [0, 0.05) is 4.47 Å². The van der Waals surface area contributed by atoms with Gasteiger partial charge in [0.15, 0.2) is 0 Å². The van der Waals surface area contributed by atoms with Crippen molar-refractivity contribution in [2.45, 2.75) is 31.8 Å². The zero-order valence-electron chi connectivity index (χ0n) is 13.5. The van der Waals surface area contributed by atoms with Crippen LogP contribution in [-0.4, -0.2) is 16.8 Å². The zero-order valence-corrected chi connectivity index (χ0v) is 15.0. The Morgan fingerprint density at radius 2 is 1.83 bits per heavy atom. The summed E-state index contributed by atoms with van der Waals surface area (Å²) in [5, 5.41) is 2.95. The second-order valence-electron chi connectivity index (χ2n) is 5.97. The highest BCUT2D eigenvalue weighted by molar-refractivity contribution is 9.10. The van der Waals surface area contributed by atoms with E-state index in [4.69, 9.17) is 0 Å². The molecule has 0 aromatic heterocycles. The molecule has 1 aliphatic heterocycles. The van der Waals surface area contributed by atoms with Crippen LogP contribution in [0.5, 0.6) is 0 Å². The van der Waals surface area contributed by atoms with E-state index in [1.54, 1.807) is 0 Å². The second kappa shape index (κ2) is 6.77. The van der Waals surface area contributed by atoms with E-state index < -0.39 is 5.54 Å². The smallest absolute Gasteiger partial charge is 0.319 e. The lowest BCUT2D eigenvalue weighted by molar-refractivity contribution is -0.132. The summed E-state index contributed by atoms with van der Waals surface area (Å²) < 4.78 is 0.926. The molecule has 124 valence electrons. The number of carbonyl (C=O) groups excluding carboxylic acids is 2. The molecule has 3 amide bonds. The van der Waals surface area contributed by atoms with Gasteiger partial charge in [-0.15, -0.1) is 0 Å². The van der Waals surface area contributed by atoms with Gasteiger partial charge in [0.05, 0.1) is 6.54 Å². The molecule has 0 saturated carbocycles. The Bertz CT molecular complexity index is 763. The number of benzene rings is 2. The third-order valence-electron chi connectivity index (χ3n) is 4.30. The van der Waals surface area contributed by atoms with Crippen LogP contribution in [-0.2, 0) is 16.9 Å². The van der Waals surface area contributed by atoms with E-state index in [1.165, 1.54) is 4.90 Å². The number of halogens is 1. The van der Waals surface area contributed by atoms with Gasteiger partial charge < -0.3 is 5.32 Å². The van der Waals surface area contributed by atoms with Gasteiger partial charge in [0.2, 0.25) is 0 Å². The number of urea groups is 1. The first-order valence-electron chi connectivity index (χ1n) is 8.01. The average molecular weight is 387 g/mol. The maximum absolute atomic E-state index is 13.1. The average Bonchev–Trinajstić information content (AvgIpc) is 2.81. The molecule has 2 aromatic carbocycles. The fourth-order valence-corrected chi connectivity index (χ4v) is 3.64.